The fraction of sp³-hybridized carbons (Fsp3) is 0.200. The van der Waals surface area contributed by atoms with Crippen molar-refractivity contribution in [3.05, 3.63) is 96.4 Å². The van der Waals surface area contributed by atoms with Gasteiger partial charge in [0.05, 0.1) is 12.6 Å². The summed E-state index contributed by atoms with van der Waals surface area (Å²) in [5.41, 5.74) is 3.95. The summed E-state index contributed by atoms with van der Waals surface area (Å²) in [5, 5.41) is 10.8. The van der Waals surface area contributed by atoms with Crippen LogP contribution in [0.4, 0.5) is 10.5 Å². The zero-order valence-electron chi connectivity index (χ0n) is 17.0. The molecule has 1 unspecified atom stereocenters. The molecule has 0 spiro atoms. The summed E-state index contributed by atoms with van der Waals surface area (Å²) < 4.78 is 2.28. The molecular formula is C25H25N3O2. The first-order valence-electron chi connectivity index (χ1n) is 10.2. The average Bonchev–Trinajstić information content (AvgIpc) is 3.20. The summed E-state index contributed by atoms with van der Waals surface area (Å²) in [5.74, 6) is 0. The molecule has 1 N–H and O–H groups in total. The monoisotopic (exact) mass is 399 g/mol. The van der Waals surface area contributed by atoms with E-state index in [4.69, 9.17) is 0 Å². The normalized spacial score (nSPS) is 12.0. The Balaban J connectivity index is 1.69. The number of hydrogen-bond donors (Lipinski definition) is 1. The quantitative estimate of drug-likeness (QED) is 0.408. The van der Waals surface area contributed by atoms with Crippen LogP contribution in [0.5, 0.6) is 0 Å². The molecule has 0 saturated heterocycles. The maximum atomic E-state index is 11.9. The molecule has 1 amide bonds. The molecule has 0 aliphatic heterocycles. The van der Waals surface area contributed by atoms with Gasteiger partial charge in [0.2, 0.25) is 0 Å². The van der Waals surface area contributed by atoms with Gasteiger partial charge >= 0.3 is 6.09 Å². The number of carboxylic acid groups (broad SMARTS) is 1. The first-order valence-corrected chi connectivity index (χ1v) is 10.2. The van der Waals surface area contributed by atoms with E-state index in [9.17, 15) is 9.90 Å². The van der Waals surface area contributed by atoms with Crippen molar-refractivity contribution in [2.75, 3.05) is 4.90 Å². The van der Waals surface area contributed by atoms with Gasteiger partial charge in [-0.3, -0.25) is 9.88 Å². The number of hydrogen-bond acceptors (Lipinski definition) is 2. The largest absolute Gasteiger partial charge is 0.465 e. The molecule has 4 rings (SSSR count). The van der Waals surface area contributed by atoms with Gasteiger partial charge in [-0.25, -0.2) is 4.79 Å². The molecule has 2 aromatic carbocycles. The van der Waals surface area contributed by atoms with Crippen LogP contribution in [-0.4, -0.2) is 20.8 Å². The van der Waals surface area contributed by atoms with Crippen molar-refractivity contribution in [2.45, 2.75) is 32.4 Å². The van der Waals surface area contributed by atoms with E-state index in [2.05, 4.69) is 40.9 Å². The highest BCUT2D eigenvalue weighted by Crippen LogP contribution is 2.31. The molecule has 30 heavy (non-hydrogen) atoms. The molecule has 1 atom stereocenters. The van der Waals surface area contributed by atoms with Gasteiger partial charge in [-0.1, -0.05) is 43.7 Å². The number of rotatable bonds is 7. The number of aromatic nitrogens is 2. The van der Waals surface area contributed by atoms with Gasteiger partial charge in [-0.05, 0) is 53.9 Å². The number of anilines is 1. The number of carbonyl (C=O) groups is 1. The molecule has 5 heteroatoms. The van der Waals surface area contributed by atoms with Crippen molar-refractivity contribution >= 4 is 22.7 Å². The maximum Gasteiger partial charge on any atom is 0.412 e. The van der Waals surface area contributed by atoms with Crippen LogP contribution in [0.1, 0.15) is 36.9 Å². The van der Waals surface area contributed by atoms with E-state index >= 15 is 0 Å². The molecule has 0 bridgehead atoms. The standard InChI is InChI=1S/C25H25N3O2/c1-2-6-23(20-11-14-26-15-12-20)27-16-13-21-17-22(9-10-24(21)27)28(25(29)30)18-19-7-4-3-5-8-19/h3-5,7-17,23H,2,6,18H2,1H3,(H,29,30). The first-order chi connectivity index (χ1) is 14.7. The fourth-order valence-electron chi connectivity index (χ4n) is 3.95. The van der Waals surface area contributed by atoms with Crippen molar-refractivity contribution in [1.29, 1.82) is 0 Å². The third-order valence-corrected chi connectivity index (χ3v) is 5.42. The summed E-state index contributed by atoms with van der Waals surface area (Å²) in [6, 6.07) is 21.9. The lowest BCUT2D eigenvalue weighted by molar-refractivity contribution is 0.201. The van der Waals surface area contributed by atoms with E-state index in [0.29, 0.717) is 12.2 Å². The Morgan fingerprint density at radius 2 is 1.83 bits per heavy atom. The van der Waals surface area contributed by atoms with Crippen molar-refractivity contribution in [3.8, 4) is 0 Å². The molecule has 4 aromatic rings. The number of benzene rings is 2. The second-order valence-electron chi connectivity index (χ2n) is 7.41. The topological polar surface area (TPSA) is 58.4 Å². The zero-order valence-corrected chi connectivity index (χ0v) is 17.0. The molecule has 152 valence electrons. The van der Waals surface area contributed by atoms with E-state index in [0.717, 1.165) is 29.3 Å². The number of pyridine rings is 1. The Labute approximate surface area is 176 Å². The van der Waals surface area contributed by atoms with Gasteiger partial charge in [0.1, 0.15) is 0 Å². The molecule has 5 nitrogen and oxygen atoms in total. The Morgan fingerprint density at radius 1 is 1.07 bits per heavy atom. The maximum absolute atomic E-state index is 11.9. The van der Waals surface area contributed by atoms with Gasteiger partial charge in [0.25, 0.3) is 0 Å². The minimum atomic E-state index is -0.960. The molecule has 0 saturated carbocycles. The Hall–Kier alpha value is -3.60. The SMILES string of the molecule is CCCC(c1ccncc1)n1ccc2cc(N(Cc3ccccc3)C(=O)O)ccc21. The highest BCUT2D eigenvalue weighted by Gasteiger charge is 2.18. The molecule has 0 radical (unpaired) electrons. The van der Waals surface area contributed by atoms with Crippen LogP contribution in [0.25, 0.3) is 10.9 Å². The van der Waals surface area contributed by atoms with Gasteiger partial charge in [0.15, 0.2) is 0 Å². The third-order valence-electron chi connectivity index (χ3n) is 5.42. The van der Waals surface area contributed by atoms with Crippen LogP contribution in [0.15, 0.2) is 85.3 Å². The second kappa shape index (κ2) is 8.82. The van der Waals surface area contributed by atoms with Crippen LogP contribution in [-0.2, 0) is 6.54 Å². The van der Waals surface area contributed by atoms with Crippen LogP contribution < -0.4 is 4.90 Å². The minimum Gasteiger partial charge on any atom is -0.465 e. The van der Waals surface area contributed by atoms with E-state index in [1.54, 1.807) is 0 Å². The molecule has 0 aliphatic rings. The highest BCUT2D eigenvalue weighted by atomic mass is 16.4. The lowest BCUT2D eigenvalue weighted by Gasteiger charge is -2.22. The van der Waals surface area contributed by atoms with Gasteiger partial charge in [-0.15, -0.1) is 0 Å². The highest BCUT2D eigenvalue weighted by molar-refractivity contribution is 5.91. The number of fused-ring (bicyclic) bond motifs is 1. The summed E-state index contributed by atoms with van der Waals surface area (Å²) in [4.78, 5) is 17.5. The Kier molecular flexibility index (Phi) is 5.80. The average molecular weight is 399 g/mol. The number of nitrogens with zero attached hydrogens (tertiary/aromatic N) is 3. The van der Waals surface area contributed by atoms with Crippen LogP contribution >= 0.6 is 0 Å². The lowest BCUT2D eigenvalue weighted by Crippen LogP contribution is -2.28. The summed E-state index contributed by atoms with van der Waals surface area (Å²) >= 11 is 0. The van der Waals surface area contributed by atoms with Crippen LogP contribution in [0, 0.1) is 0 Å². The van der Waals surface area contributed by atoms with Crippen LogP contribution in [0.2, 0.25) is 0 Å². The molecule has 0 fully saturated rings. The molecule has 0 aliphatic carbocycles. The zero-order chi connectivity index (χ0) is 20.9. The van der Waals surface area contributed by atoms with Crippen molar-refractivity contribution in [2.24, 2.45) is 0 Å². The summed E-state index contributed by atoms with van der Waals surface area (Å²) in [6.45, 7) is 2.50. The predicted molar refractivity (Wildman–Crippen MR) is 120 cm³/mol. The van der Waals surface area contributed by atoms with Gasteiger partial charge in [-0.2, -0.15) is 0 Å². The molecular weight excluding hydrogens is 374 g/mol. The molecule has 2 heterocycles. The van der Waals surface area contributed by atoms with Gasteiger partial charge in [0, 0.05) is 35.2 Å². The predicted octanol–water partition coefficient (Wildman–Crippen LogP) is 6.11. The Morgan fingerprint density at radius 3 is 2.53 bits per heavy atom. The van der Waals surface area contributed by atoms with Crippen molar-refractivity contribution in [1.82, 2.24) is 9.55 Å². The molecule has 2 aromatic heterocycles. The van der Waals surface area contributed by atoms with Crippen LogP contribution in [0.3, 0.4) is 0 Å². The Bertz CT molecular complexity index is 1120. The lowest BCUT2D eigenvalue weighted by atomic mass is 10.0. The first kappa shape index (κ1) is 19.7. The van der Waals surface area contributed by atoms with E-state index in [1.165, 1.54) is 10.5 Å². The fourth-order valence-corrected chi connectivity index (χ4v) is 3.95. The van der Waals surface area contributed by atoms with Gasteiger partial charge < -0.3 is 9.67 Å². The van der Waals surface area contributed by atoms with E-state index in [-0.39, 0.29) is 6.04 Å². The minimum absolute atomic E-state index is 0.223. The summed E-state index contributed by atoms with van der Waals surface area (Å²) in [6.07, 6.45) is 6.88. The number of amides is 1. The van der Waals surface area contributed by atoms with E-state index < -0.39 is 6.09 Å². The smallest absolute Gasteiger partial charge is 0.412 e. The van der Waals surface area contributed by atoms with Crippen molar-refractivity contribution < 1.29 is 9.90 Å². The van der Waals surface area contributed by atoms with Crippen molar-refractivity contribution in [3.63, 3.8) is 0 Å². The third kappa shape index (κ3) is 4.06. The second-order valence-corrected chi connectivity index (χ2v) is 7.41. The van der Waals surface area contributed by atoms with E-state index in [1.807, 2.05) is 60.9 Å². The summed E-state index contributed by atoms with van der Waals surface area (Å²) in [7, 11) is 0.